The molecule has 5 heteroatoms. The number of aliphatic hydroxyl groups is 1. The molecule has 0 spiro atoms. The van der Waals surface area contributed by atoms with Crippen LogP contribution in [0.2, 0.25) is 0 Å². The zero-order valence-electron chi connectivity index (χ0n) is 13.1. The maximum Gasteiger partial charge on any atom is 0.487 e. The Hall–Kier alpha value is -1.17. The Bertz CT molecular complexity index is 545. The normalized spacial score (nSPS) is 25.5. The molecule has 1 N–H and O–H groups in total. The van der Waals surface area contributed by atoms with Gasteiger partial charge in [-0.05, 0) is 52.2 Å². The van der Waals surface area contributed by atoms with Crippen LogP contribution in [0.3, 0.4) is 0 Å². The number of pyridine rings is 1. The van der Waals surface area contributed by atoms with Gasteiger partial charge in [-0.2, -0.15) is 0 Å². The molecule has 1 aromatic heterocycles. The predicted molar refractivity (Wildman–Crippen MR) is 82.5 cm³/mol. The first-order chi connectivity index (χ1) is 9.72. The Morgan fingerprint density at radius 2 is 1.76 bits per heavy atom. The summed E-state index contributed by atoms with van der Waals surface area (Å²) in [5.74, 6) is 1.90. The summed E-state index contributed by atoms with van der Waals surface area (Å²) < 4.78 is 11.8. The number of hydrogen-bond acceptors (Lipinski definition) is 4. The molecule has 0 radical (unpaired) electrons. The Labute approximate surface area is 126 Å². The number of rotatable bonds is 3. The van der Waals surface area contributed by atoms with E-state index in [-0.39, 0.29) is 18.3 Å². The largest absolute Gasteiger partial charge is 0.487 e. The van der Waals surface area contributed by atoms with Crippen molar-refractivity contribution in [2.75, 3.05) is 0 Å². The van der Waals surface area contributed by atoms with Crippen LogP contribution in [-0.4, -0.2) is 28.4 Å². The van der Waals surface area contributed by atoms with Crippen LogP contribution in [0, 0.1) is 0 Å². The van der Waals surface area contributed by atoms with Crippen molar-refractivity contribution < 1.29 is 14.4 Å². The van der Waals surface area contributed by atoms with Gasteiger partial charge in [-0.3, -0.25) is 4.98 Å². The average molecular weight is 287 g/mol. The summed E-state index contributed by atoms with van der Waals surface area (Å²) in [6, 6.07) is 3.84. The molecule has 1 saturated heterocycles. The van der Waals surface area contributed by atoms with Crippen LogP contribution in [0.4, 0.5) is 0 Å². The maximum absolute atomic E-state index is 9.99. The fourth-order valence-corrected chi connectivity index (χ4v) is 2.31. The fraction of sp³-hybridized carbons (Fsp3) is 0.562. The molecule has 4 nitrogen and oxygen atoms in total. The molecule has 3 rings (SSSR count). The maximum atomic E-state index is 9.99. The Morgan fingerprint density at radius 1 is 1.14 bits per heavy atom. The van der Waals surface area contributed by atoms with Crippen molar-refractivity contribution >= 4 is 13.2 Å². The van der Waals surface area contributed by atoms with E-state index in [2.05, 4.69) is 4.98 Å². The molecular formula is C16H22BNO3. The molecule has 1 aromatic rings. The summed E-state index contributed by atoms with van der Waals surface area (Å²) in [5, 5.41) is 9.99. The standard InChI is InChI=1S/C16H22BNO3/c1-14(2)15(3,4)21-17(20-14)10-7-12-5-6-13(18-11-12)16(19)8-9-16/h5-7,10-11,19H,8-9H2,1-4H3/b10-7+. The minimum Gasteiger partial charge on any atom is -0.400 e. The van der Waals surface area contributed by atoms with Gasteiger partial charge < -0.3 is 14.4 Å². The van der Waals surface area contributed by atoms with Crippen LogP contribution in [-0.2, 0) is 14.9 Å². The molecule has 0 bridgehead atoms. The molecule has 0 amide bonds. The van der Waals surface area contributed by atoms with E-state index in [1.807, 2.05) is 51.9 Å². The van der Waals surface area contributed by atoms with E-state index in [9.17, 15) is 5.11 Å². The van der Waals surface area contributed by atoms with Crippen molar-refractivity contribution in [2.24, 2.45) is 0 Å². The third kappa shape index (κ3) is 2.78. The van der Waals surface area contributed by atoms with E-state index in [0.29, 0.717) is 0 Å². The summed E-state index contributed by atoms with van der Waals surface area (Å²) in [7, 11) is -0.345. The summed E-state index contributed by atoms with van der Waals surface area (Å²) in [4.78, 5) is 4.33. The van der Waals surface area contributed by atoms with E-state index in [4.69, 9.17) is 9.31 Å². The van der Waals surface area contributed by atoms with Crippen molar-refractivity contribution in [3.63, 3.8) is 0 Å². The van der Waals surface area contributed by atoms with Crippen LogP contribution in [0.5, 0.6) is 0 Å². The fourth-order valence-electron chi connectivity index (χ4n) is 2.31. The minimum atomic E-state index is -0.673. The van der Waals surface area contributed by atoms with Crippen LogP contribution in [0.15, 0.2) is 24.3 Å². The molecule has 2 fully saturated rings. The molecule has 1 saturated carbocycles. The molecule has 21 heavy (non-hydrogen) atoms. The van der Waals surface area contributed by atoms with Crippen molar-refractivity contribution in [3.8, 4) is 0 Å². The smallest absolute Gasteiger partial charge is 0.400 e. The topological polar surface area (TPSA) is 51.6 Å². The Morgan fingerprint density at radius 3 is 2.24 bits per heavy atom. The quantitative estimate of drug-likeness (QED) is 0.868. The molecule has 2 heterocycles. The van der Waals surface area contributed by atoms with Crippen LogP contribution >= 0.6 is 0 Å². The second kappa shape index (κ2) is 4.67. The van der Waals surface area contributed by atoms with Gasteiger partial charge in [0.1, 0.15) is 5.60 Å². The lowest BCUT2D eigenvalue weighted by molar-refractivity contribution is 0.00578. The van der Waals surface area contributed by atoms with E-state index >= 15 is 0 Å². The lowest BCUT2D eigenvalue weighted by Gasteiger charge is -2.32. The molecule has 0 aromatic carbocycles. The third-order valence-corrected chi connectivity index (χ3v) is 4.70. The molecule has 0 unspecified atom stereocenters. The van der Waals surface area contributed by atoms with Crippen molar-refractivity contribution in [1.29, 1.82) is 0 Å². The third-order valence-electron chi connectivity index (χ3n) is 4.70. The first kappa shape index (κ1) is 14.8. The Kier molecular flexibility index (Phi) is 3.28. The summed E-state index contributed by atoms with van der Waals surface area (Å²) >= 11 is 0. The van der Waals surface area contributed by atoms with Crippen molar-refractivity contribution in [1.82, 2.24) is 4.98 Å². The van der Waals surface area contributed by atoms with Gasteiger partial charge in [-0.15, -0.1) is 0 Å². The second-order valence-corrected chi connectivity index (χ2v) is 6.99. The van der Waals surface area contributed by atoms with Gasteiger partial charge in [0.05, 0.1) is 16.9 Å². The zero-order valence-corrected chi connectivity index (χ0v) is 13.1. The van der Waals surface area contributed by atoms with Gasteiger partial charge in [0, 0.05) is 6.20 Å². The second-order valence-electron chi connectivity index (χ2n) is 6.99. The zero-order chi connectivity index (χ0) is 15.3. The average Bonchev–Trinajstić information content (AvgIpc) is 3.10. The predicted octanol–water partition coefficient (Wildman–Crippen LogP) is 2.71. The van der Waals surface area contributed by atoms with Gasteiger partial charge in [0.15, 0.2) is 0 Å². The highest BCUT2D eigenvalue weighted by Crippen LogP contribution is 2.44. The molecule has 1 aliphatic heterocycles. The number of aromatic nitrogens is 1. The van der Waals surface area contributed by atoms with Gasteiger partial charge in [-0.25, -0.2) is 0 Å². The lowest BCUT2D eigenvalue weighted by atomic mass is 9.89. The van der Waals surface area contributed by atoms with E-state index in [1.165, 1.54) is 0 Å². The highest BCUT2D eigenvalue weighted by Gasteiger charge is 2.50. The lowest BCUT2D eigenvalue weighted by Crippen LogP contribution is -2.41. The molecule has 2 aliphatic rings. The number of hydrogen-bond donors (Lipinski definition) is 1. The highest BCUT2D eigenvalue weighted by molar-refractivity contribution is 6.52. The van der Waals surface area contributed by atoms with Crippen molar-refractivity contribution in [2.45, 2.75) is 57.3 Å². The van der Waals surface area contributed by atoms with E-state index < -0.39 is 5.60 Å². The van der Waals surface area contributed by atoms with Gasteiger partial charge in [0.25, 0.3) is 0 Å². The molecule has 112 valence electrons. The van der Waals surface area contributed by atoms with Crippen molar-refractivity contribution in [3.05, 3.63) is 35.6 Å². The first-order valence-corrected chi connectivity index (χ1v) is 7.45. The van der Waals surface area contributed by atoms with Crippen LogP contribution in [0.1, 0.15) is 51.8 Å². The molecule has 1 aliphatic carbocycles. The monoisotopic (exact) mass is 287 g/mol. The molecular weight excluding hydrogens is 265 g/mol. The summed E-state index contributed by atoms with van der Waals surface area (Å²) in [6.45, 7) is 8.14. The highest BCUT2D eigenvalue weighted by atomic mass is 16.7. The number of nitrogens with zero attached hydrogens (tertiary/aromatic N) is 1. The Balaban J connectivity index is 1.67. The first-order valence-electron chi connectivity index (χ1n) is 7.45. The SMILES string of the molecule is CC1(C)OB(/C=C/c2ccc(C3(O)CC3)nc2)OC1(C)C. The van der Waals surface area contributed by atoms with E-state index in [0.717, 1.165) is 24.1 Å². The van der Waals surface area contributed by atoms with Gasteiger partial charge in [-0.1, -0.05) is 18.1 Å². The van der Waals surface area contributed by atoms with E-state index in [1.54, 1.807) is 6.20 Å². The molecule has 0 atom stereocenters. The van der Waals surface area contributed by atoms with Crippen LogP contribution < -0.4 is 0 Å². The van der Waals surface area contributed by atoms with Gasteiger partial charge in [0.2, 0.25) is 0 Å². The minimum absolute atomic E-state index is 0.320. The summed E-state index contributed by atoms with van der Waals surface area (Å²) in [6.07, 6.45) is 5.33. The van der Waals surface area contributed by atoms with Crippen LogP contribution in [0.25, 0.3) is 6.08 Å². The van der Waals surface area contributed by atoms with Gasteiger partial charge >= 0.3 is 7.12 Å². The summed E-state index contributed by atoms with van der Waals surface area (Å²) in [5.41, 5.74) is 0.417.